The van der Waals surface area contributed by atoms with Gasteiger partial charge in [-0.25, -0.2) is 4.39 Å². The van der Waals surface area contributed by atoms with Crippen LogP contribution in [0.4, 0.5) is 10.1 Å². The van der Waals surface area contributed by atoms with E-state index in [0.717, 1.165) is 31.7 Å². The zero-order valence-corrected chi connectivity index (χ0v) is 14.4. The first-order valence-electron chi connectivity index (χ1n) is 8.60. The van der Waals surface area contributed by atoms with Gasteiger partial charge in [0, 0.05) is 41.9 Å². The second-order valence-electron chi connectivity index (χ2n) is 6.40. The number of rotatable bonds is 3. The Morgan fingerprint density at radius 3 is 2.85 bits per heavy atom. The highest BCUT2D eigenvalue weighted by Gasteiger charge is 2.21. The maximum Gasteiger partial charge on any atom is 0.256 e. The van der Waals surface area contributed by atoms with Crippen LogP contribution in [-0.2, 0) is 4.74 Å². The van der Waals surface area contributed by atoms with Gasteiger partial charge in [0.25, 0.3) is 5.91 Å². The van der Waals surface area contributed by atoms with Crippen molar-refractivity contribution < 1.29 is 13.9 Å². The van der Waals surface area contributed by atoms with Crippen LogP contribution in [0.25, 0.3) is 10.8 Å². The summed E-state index contributed by atoms with van der Waals surface area (Å²) in [4.78, 5) is 16.8. The van der Waals surface area contributed by atoms with E-state index in [9.17, 15) is 9.18 Å². The average molecular weight is 354 g/mol. The lowest BCUT2D eigenvalue weighted by Crippen LogP contribution is -2.21. The summed E-state index contributed by atoms with van der Waals surface area (Å²) in [5, 5.41) is 8.19. The van der Waals surface area contributed by atoms with E-state index in [1.165, 1.54) is 24.5 Å². The minimum atomic E-state index is -0.373. The zero-order chi connectivity index (χ0) is 18.1. The molecule has 0 atom stereocenters. The molecule has 1 N–H and O–H groups in total. The lowest BCUT2D eigenvalue weighted by atomic mass is 10.1. The van der Waals surface area contributed by atoms with Gasteiger partial charge in [0.05, 0.1) is 23.6 Å². The minimum Gasteiger partial charge on any atom is -0.381 e. The first kappa shape index (κ1) is 16.7. The van der Waals surface area contributed by atoms with Crippen LogP contribution in [0.5, 0.6) is 0 Å². The summed E-state index contributed by atoms with van der Waals surface area (Å²) in [5.74, 6) is -0.680. The number of pyridine rings is 1. The first-order chi connectivity index (χ1) is 12.6. The molecule has 3 heterocycles. The van der Waals surface area contributed by atoms with E-state index in [-0.39, 0.29) is 17.8 Å². The molecule has 134 valence electrons. The molecule has 4 rings (SSSR count). The van der Waals surface area contributed by atoms with Gasteiger partial charge in [-0.05, 0) is 38.0 Å². The summed E-state index contributed by atoms with van der Waals surface area (Å²) in [6.07, 6.45) is 6.49. The van der Waals surface area contributed by atoms with Crippen LogP contribution in [0.1, 0.15) is 34.9 Å². The second kappa shape index (κ2) is 6.84. The maximum atomic E-state index is 13.9. The molecule has 1 aliphatic heterocycles. The van der Waals surface area contributed by atoms with E-state index >= 15 is 0 Å². The van der Waals surface area contributed by atoms with Gasteiger partial charge in [0.1, 0.15) is 5.82 Å². The molecule has 0 unspecified atom stereocenters. The van der Waals surface area contributed by atoms with Crippen molar-refractivity contribution in [2.75, 3.05) is 18.5 Å². The van der Waals surface area contributed by atoms with Crippen molar-refractivity contribution in [3.63, 3.8) is 0 Å². The molecule has 0 spiro atoms. The van der Waals surface area contributed by atoms with E-state index < -0.39 is 0 Å². The standard InChI is InChI=1S/C19H19FN4O2/c1-12-18(11-22-24(12)13-5-8-26-9-6-13)23-19(25)15-2-3-17(20)14-4-7-21-10-16(14)15/h2-4,7,10-11,13H,5-6,8-9H2,1H3,(H,23,25). The van der Waals surface area contributed by atoms with Gasteiger partial charge in [0.15, 0.2) is 0 Å². The molecular formula is C19H19FN4O2. The molecule has 3 aromatic rings. The Morgan fingerprint density at radius 1 is 1.23 bits per heavy atom. The molecule has 0 radical (unpaired) electrons. The summed E-state index contributed by atoms with van der Waals surface area (Å²) in [6, 6.07) is 4.63. The minimum absolute atomic E-state index is 0.283. The summed E-state index contributed by atoms with van der Waals surface area (Å²) in [7, 11) is 0. The van der Waals surface area contributed by atoms with Gasteiger partial charge >= 0.3 is 0 Å². The van der Waals surface area contributed by atoms with Crippen molar-refractivity contribution in [1.82, 2.24) is 14.8 Å². The maximum absolute atomic E-state index is 13.9. The van der Waals surface area contributed by atoms with E-state index in [2.05, 4.69) is 15.4 Å². The molecule has 1 aromatic carbocycles. The van der Waals surface area contributed by atoms with Gasteiger partial charge < -0.3 is 10.1 Å². The molecule has 0 bridgehead atoms. The van der Waals surface area contributed by atoms with Crippen LogP contribution in [0.15, 0.2) is 36.8 Å². The quantitative estimate of drug-likeness (QED) is 0.782. The fraction of sp³-hybridized carbons (Fsp3) is 0.316. The highest BCUT2D eigenvalue weighted by Crippen LogP contribution is 2.26. The lowest BCUT2D eigenvalue weighted by molar-refractivity contribution is 0.0657. The number of hydrogen-bond acceptors (Lipinski definition) is 4. The van der Waals surface area contributed by atoms with Gasteiger partial charge in [0.2, 0.25) is 0 Å². The third-order valence-electron chi connectivity index (χ3n) is 4.84. The van der Waals surface area contributed by atoms with E-state index in [0.29, 0.717) is 22.0 Å². The number of carbonyl (C=O) groups excluding carboxylic acids is 1. The monoisotopic (exact) mass is 354 g/mol. The molecule has 1 amide bonds. The number of benzene rings is 1. The average Bonchev–Trinajstić information content (AvgIpc) is 3.03. The molecule has 0 saturated carbocycles. The number of hydrogen-bond donors (Lipinski definition) is 1. The summed E-state index contributed by atoms with van der Waals surface area (Å²) >= 11 is 0. The molecule has 26 heavy (non-hydrogen) atoms. The molecule has 1 aliphatic rings. The van der Waals surface area contributed by atoms with Crippen LogP contribution in [0.3, 0.4) is 0 Å². The highest BCUT2D eigenvalue weighted by molar-refractivity contribution is 6.12. The Hall–Kier alpha value is -2.80. The lowest BCUT2D eigenvalue weighted by Gasteiger charge is -2.23. The third kappa shape index (κ3) is 2.94. The Kier molecular flexibility index (Phi) is 4.38. The molecule has 1 saturated heterocycles. The highest BCUT2D eigenvalue weighted by atomic mass is 19.1. The second-order valence-corrected chi connectivity index (χ2v) is 6.40. The van der Waals surface area contributed by atoms with Crippen molar-refractivity contribution >= 4 is 22.4 Å². The smallest absolute Gasteiger partial charge is 0.256 e. The predicted molar refractivity (Wildman–Crippen MR) is 95.7 cm³/mol. The Bertz CT molecular complexity index is 963. The molecule has 2 aromatic heterocycles. The largest absolute Gasteiger partial charge is 0.381 e. The Balaban J connectivity index is 1.61. The summed E-state index contributed by atoms with van der Waals surface area (Å²) in [6.45, 7) is 3.38. The van der Waals surface area contributed by atoms with Crippen LogP contribution >= 0.6 is 0 Å². The number of fused-ring (bicyclic) bond motifs is 1. The van der Waals surface area contributed by atoms with E-state index in [1.54, 1.807) is 12.3 Å². The fourth-order valence-electron chi connectivity index (χ4n) is 3.38. The first-order valence-corrected chi connectivity index (χ1v) is 8.60. The Labute approximate surface area is 150 Å². The van der Waals surface area contributed by atoms with Crippen molar-refractivity contribution in [2.24, 2.45) is 0 Å². The van der Waals surface area contributed by atoms with Crippen LogP contribution in [-0.4, -0.2) is 33.9 Å². The molecule has 7 heteroatoms. The number of anilines is 1. The van der Waals surface area contributed by atoms with Crippen LogP contribution < -0.4 is 5.32 Å². The van der Waals surface area contributed by atoms with Gasteiger partial charge in [-0.15, -0.1) is 0 Å². The van der Waals surface area contributed by atoms with Crippen molar-refractivity contribution in [3.05, 3.63) is 53.9 Å². The number of carbonyl (C=O) groups is 1. The summed E-state index contributed by atoms with van der Waals surface area (Å²) in [5.41, 5.74) is 1.94. The van der Waals surface area contributed by atoms with Crippen LogP contribution in [0, 0.1) is 12.7 Å². The number of aromatic nitrogens is 3. The topological polar surface area (TPSA) is 69.0 Å². The number of nitrogens with zero attached hydrogens (tertiary/aromatic N) is 3. The number of ether oxygens (including phenoxy) is 1. The molecule has 6 nitrogen and oxygen atoms in total. The molecule has 1 fully saturated rings. The zero-order valence-electron chi connectivity index (χ0n) is 14.4. The number of halogens is 1. The van der Waals surface area contributed by atoms with E-state index in [1.807, 2.05) is 11.6 Å². The van der Waals surface area contributed by atoms with Crippen molar-refractivity contribution in [3.8, 4) is 0 Å². The molecule has 0 aliphatic carbocycles. The Morgan fingerprint density at radius 2 is 2.04 bits per heavy atom. The molecular weight excluding hydrogens is 335 g/mol. The van der Waals surface area contributed by atoms with Gasteiger partial charge in [-0.3, -0.25) is 14.5 Å². The SMILES string of the molecule is Cc1c(NC(=O)c2ccc(F)c3ccncc23)cnn1C1CCOCC1. The fourth-order valence-corrected chi connectivity index (χ4v) is 3.38. The number of nitrogens with one attached hydrogen (secondary N) is 1. The van der Waals surface area contributed by atoms with Gasteiger partial charge in [-0.2, -0.15) is 5.10 Å². The van der Waals surface area contributed by atoms with Gasteiger partial charge in [-0.1, -0.05) is 0 Å². The third-order valence-corrected chi connectivity index (χ3v) is 4.84. The number of amides is 1. The van der Waals surface area contributed by atoms with Crippen molar-refractivity contribution in [2.45, 2.75) is 25.8 Å². The normalized spacial score (nSPS) is 15.3. The van der Waals surface area contributed by atoms with E-state index in [4.69, 9.17) is 4.74 Å². The predicted octanol–water partition coefficient (Wildman–Crippen LogP) is 3.48. The van der Waals surface area contributed by atoms with Crippen molar-refractivity contribution in [1.29, 1.82) is 0 Å². The van der Waals surface area contributed by atoms with Crippen LogP contribution in [0.2, 0.25) is 0 Å². The summed E-state index contributed by atoms with van der Waals surface area (Å²) < 4.78 is 21.3.